The first kappa shape index (κ1) is 19.4. The minimum absolute atomic E-state index is 0.0773. The maximum atomic E-state index is 12.2. The Bertz CT molecular complexity index is 948. The lowest BCUT2D eigenvalue weighted by Gasteiger charge is -2.14. The Kier molecular flexibility index (Phi) is 5.65. The van der Waals surface area contributed by atoms with Crippen molar-refractivity contribution in [1.29, 1.82) is 0 Å². The molecule has 146 valence electrons. The average Bonchev–Trinajstić information content (AvgIpc) is 3.13. The molecule has 2 aromatic carbocycles. The van der Waals surface area contributed by atoms with Gasteiger partial charge in [-0.2, -0.15) is 0 Å². The van der Waals surface area contributed by atoms with E-state index in [0.717, 1.165) is 11.6 Å². The van der Waals surface area contributed by atoms with E-state index in [1.807, 2.05) is 0 Å². The third kappa shape index (κ3) is 4.32. The molecule has 0 bridgehead atoms. The Hall–Kier alpha value is -3.33. The second-order valence-electron chi connectivity index (χ2n) is 5.88. The summed E-state index contributed by atoms with van der Waals surface area (Å²) in [6.07, 6.45) is -1.10. The molecule has 0 radical (unpaired) electrons. The molecule has 0 spiro atoms. The maximum Gasteiger partial charge on any atom is 0.339 e. The topological polar surface area (TPSA) is 117 Å². The van der Waals surface area contributed by atoms with Crippen LogP contribution in [-0.4, -0.2) is 29.7 Å². The fourth-order valence-electron chi connectivity index (χ4n) is 2.45. The number of carbonyl (C=O) groups is 2. The molecule has 10 heteroatoms. The fourth-order valence-corrected chi connectivity index (χ4v) is 2.63. The molecule has 28 heavy (non-hydrogen) atoms. The highest BCUT2D eigenvalue weighted by molar-refractivity contribution is 6.32. The molecular formula is C18H15ClN2O7. The zero-order chi connectivity index (χ0) is 20.3. The van der Waals surface area contributed by atoms with E-state index < -0.39 is 28.6 Å². The Labute approximate surface area is 164 Å². The van der Waals surface area contributed by atoms with Gasteiger partial charge < -0.3 is 19.5 Å². The van der Waals surface area contributed by atoms with E-state index in [1.54, 1.807) is 18.2 Å². The number of nitro groups is 1. The van der Waals surface area contributed by atoms with Crippen LogP contribution in [0.25, 0.3) is 0 Å². The second kappa shape index (κ2) is 8.13. The molecule has 1 amide bonds. The highest BCUT2D eigenvalue weighted by Crippen LogP contribution is 2.32. The van der Waals surface area contributed by atoms with Gasteiger partial charge in [0, 0.05) is 12.6 Å². The monoisotopic (exact) mass is 406 g/mol. The van der Waals surface area contributed by atoms with Gasteiger partial charge in [0.25, 0.3) is 11.6 Å². The van der Waals surface area contributed by atoms with Crippen LogP contribution in [0.15, 0.2) is 36.4 Å². The van der Waals surface area contributed by atoms with E-state index in [2.05, 4.69) is 5.32 Å². The van der Waals surface area contributed by atoms with Gasteiger partial charge in [-0.1, -0.05) is 17.7 Å². The first-order valence-electron chi connectivity index (χ1n) is 8.16. The zero-order valence-electron chi connectivity index (χ0n) is 14.6. The molecule has 0 saturated carbocycles. The number of amides is 1. The number of nitrogens with zero attached hydrogens (tertiary/aromatic N) is 1. The van der Waals surface area contributed by atoms with Gasteiger partial charge in [-0.15, -0.1) is 0 Å². The van der Waals surface area contributed by atoms with Crippen molar-refractivity contribution >= 4 is 29.2 Å². The maximum absolute atomic E-state index is 12.2. The van der Waals surface area contributed by atoms with E-state index in [9.17, 15) is 19.7 Å². The summed E-state index contributed by atoms with van der Waals surface area (Å²) in [5.41, 5.74) is 0.284. The van der Waals surface area contributed by atoms with Gasteiger partial charge in [0.15, 0.2) is 17.6 Å². The number of rotatable bonds is 6. The SMILES string of the molecule is C[C@@H](OC(=O)c1ccc(Cl)c([N+](=O)[O-])c1)C(=O)NCc1ccc2c(c1)OCO2. The fraction of sp³-hybridized carbons (Fsp3) is 0.222. The molecule has 1 heterocycles. The normalized spacial score (nSPS) is 12.9. The van der Waals surface area contributed by atoms with Crippen LogP contribution in [0.2, 0.25) is 5.02 Å². The number of hydrogen-bond donors (Lipinski definition) is 1. The quantitative estimate of drug-likeness (QED) is 0.445. The zero-order valence-corrected chi connectivity index (χ0v) is 15.4. The molecule has 1 aliphatic heterocycles. The summed E-state index contributed by atoms with van der Waals surface area (Å²) in [7, 11) is 0. The summed E-state index contributed by atoms with van der Waals surface area (Å²) in [6.45, 7) is 1.75. The summed E-state index contributed by atoms with van der Waals surface area (Å²) < 4.78 is 15.6. The number of fused-ring (bicyclic) bond motifs is 1. The lowest BCUT2D eigenvalue weighted by atomic mass is 10.2. The number of hydrogen-bond acceptors (Lipinski definition) is 7. The molecule has 0 aromatic heterocycles. The Balaban J connectivity index is 1.57. The number of halogens is 1. The first-order valence-corrected chi connectivity index (χ1v) is 8.54. The van der Waals surface area contributed by atoms with Crippen LogP contribution in [0.3, 0.4) is 0 Å². The molecule has 0 aliphatic carbocycles. The van der Waals surface area contributed by atoms with Gasteiger partial charge >= 0.3 is 5.97 Å². The van der Waals surface area contributed by atoms with Crippen LogP contribution in [0.4, 0.5) is 5.69 Å². The molecule has 0 unspecified atom stereocenters. The smallest absolute Gasteiger partial charge is 0.339 e. The predicted octanol–water partition coefficient (Wildman–Crippen LogP) is 2.84. The van der Waals surface area contributed by atoms with Crippen molar-refractivity contribution in [2.45, 2.75) is 19.6 Å². The number of nitrogens with one attached hydrogen (secondary N) is 1. The summed E-state index contributed by atoms with van der Waals surface area (Å²) >= 11 is 5.71. The molecule has 9 nitrogen and oxygen atoms in total. The summed E-state index contributed by atoms with van der Waals surface area (Å²) in [5.74, 6) is -0.162. The number of carbonyl (C=O) groups excluding carboxylic acids is 2. The van der Waals surface area contributed by atoms with Gasteiger partial charge in [0.05, 0.1) is 10.5 Å². The van der Waals surface area contributed by atoms with Crippen LogP contribution in [0.1, 0.15) is 22.8 Å². The summed E-state index contributed by atoms with van der Waals surface area (Å²) in [6, 6.07) is 8.77. The number of benzene rings is 2. The Morgan fingerprint density at radius 2 is 2.00 bits per heavy atom. The first-order chi connectivity index (χ1) is 13.3. The van der Waals surface area contributed by atoms with Crippen molar-refractivity contribution in [3.63, 3.8) is 0 Å². The van der Waals surface area contributed by atoms with Gasteiger partial charge in [-0.25, -0.2) is 4.79 Å². The van der Waals surface area contributed by atoms with Crippen LogP contribution < -0.4 is 14.8 Å². The van der Waals surface area contributed by atoms with Crippen LogP contribution >= 0.6 is 11.6 Å². The molecule has 3 rings (SSSR count). The number of ether oxygens (including phenoxy) is 3. The van der Waals surface area contributed by atoms with E-state index >= 15 is 0 Å². The van der Waals surface area contributed by atoms with Gasteiger partial charge in [-0.05, 0) is 36.8 Å². The molecule has 1 aliphatic rings. The Morgan fingerprint density at radius 3 is 2.75 bits per heavy atom. The van der Waals surface area contributed by atoms with E-state index in [1.165, 1.54) is 19.1 Å². The van der Waals surface area contributed by atoms with Crippen molar-refractivity contribution in [2.75, 3.05) is 6.79 Å². The van der Waals surface area contributed by atoms with Crippen LogP contribution in [0, 0.1) is 10.1 Å². The standard InChI is InChI=1S/C18H15ClN2O7/c1-10(28-18(23)12-3-4-13(19)14(7-12)21(24)25)17(22)20-8-11-2-5-15-16(6-11)27-9-26-15/h2-7,10H,8-9H2,1H3,(H,20,22)/t10-/m1/s1. The molecule has 1 N–H and O–H groups in total. The van der Waals surface area contributed by atoms with Crippen LogP contribution in [-0.2, 0) is 16.1 Å². The van der Waals surface area contributed by atoms with Crippen molar-refractivity contribution in [3.05, 3.63) is 62.7 Å². The highest BCUT2D eigenvalue weighted by atomic mass is 35.5. The summed E-state index contributed by atoms with van der Waals surface area (Å²) in [5, 5.41) is 13.4. The second-order valence-corrected chi connectivity index (χ2v) is 6.28. The van der Waals surface area contributed by atoms with Crippen molar-refractivity contribution in [2.24, 2.45) is 0 Å². The number of esters is 1. The third-order valence-electron chi connectivity index (χ3n) is 3.94. The molecule has 0 fully saturated rings. The minimum Gasteiger partial charge on any atom is -0.454 e. The lowest BCUT2D eigenvalue weighted by Crippen LogP contribution is -2.35. The van der Waals surface area contributed by atoms with E-state index in [0.29, 0.717) is 11.5 Å². The van der Waals surface area contributed by atoms with Crippen LogP contribution in [0.5, 0.6) is 11.5 Å². The molecule has 0 saturated heterocycles. The minimum atomic E-state index is -1.10. The van der Waals surface area contributed by atoms with Gasteiger partial charge in [0.2, 0.25) is 6.79 Å². The molecule has 2 aromatic rings. The largest absolute Gasteiger partial charge is 0.454 e. The van der Waals surface area contributed by atoms with Crippen molar-refractivity contribution in [3.8, 4) is 11.5 Å². The van der Waals surface area contributed by atoms with Crippen molar-refractivity contribution in [1.82, 2.24) is 5.32 Å². The summed E-state index contributed by atoms with van der Waals surface area (Å²) in [4.78, 5) is 34.5. The molecular weight excluding hydrogens is 392 g/mol. The highest BCUT2D eigenvalue weighted by Gasteiger charge is 2.22. The molecule has 1 atom stereocenters. The predicted molar refractivity (Wildman–Crippen MR) is 97.4 cm³/mol. The van der Waals surface area contributed by atoms with Gasteiger partial charge in [-0.3, -0.25) is 14.9 Å². The average molecular weight is 407 g/mol. The van der Waals surface area contributed by atoms with E-state index in [4.69, 9.17) is 25.8 Å². The van der Waals surface area contributed by atoms with E-state index in [-0.39, 0.29) is 23.9 Å². The van der Waals surface area contributed by atoms with Gasteiger partial charge in [0.1, 0.15) is 5.02 Å². The Morgan fingerprint density at radius 1 is 1.25 bits per heavy atom. The third-order valence-corrected chi connectivity index (χ3v) is 4.25. The lowest BCUT2D eigenvalue weighted by molar-refractivity contribution is -0.384. The van der Waals surface area contributed by atoms with Crippen molar-refractivity contribution < 1.29 is 28.7 Å². The number of nitro benzene ring substituents is 1.